The average Bonchev–Trinajstić information content (AvgIpc) is 2.94. The van der Waals surface area contributed by atoms with E-state index in [0.29, 0.717) is 21.6 Å². The maximum absolute atomic E-state index is 6.10. The fraction of sp³-hybridized carbons (Fsp3) is 0.176. The molecule has 0 aliphatic carbocycles. The first-order valence-corrected chi connectivity index (χ1v) is 9.90. The Morgan fingerprint density at radius 3 is 2.80 bits per heavy atom. The van der Waals surface area contributed by atoms with Crippen LogP contribution in [0, 0.1) is 0 Å². The minimum absolute atomic E-state index is 0.265. The van der Waals surface area contributed by atoms with Gasteiger partial charge in [-0.1, -0.05) is 63.0 Å². The molecule has 0 saturated heterocycles. The van der Waals surface area contributed by atoms with Gasteiger partial charge in [-0.05, 0) is 29.8 Å². The lowest BCUT2D eigenvalue weighted by atomic mass is 10.2. The van der Waals surface area contributed by atoms with Gasteiger partial charge in [-0.2, -0.15) is 0 Å². The van der Waals surface area contributed by atoms with Crippen molar-refractivity contribution < 1.29 is 4.74 Å². The molecule has 0 radical (unpaired) electrons. The lowest BCUT2D eigenvalue weighted by molar-refractivity contribution is 0.290. The summed E-state index contributed by atoms with van der Waals surface area (Å²) in [6, 6.07) is 13.3. The van der Waals surface area contributed by atoms with Crippen molar-refractivity contribution in [2.24, 2.45) is 7.05 Å². The Morgan fingerprint density at radius 2 is 2.00 bits per heavy atom. The third kappa shape index (κ3) is 4.91. The molecule has 1 aromatic heterocycles. The molecule has 3 aromatic rings. The van der Waals surface area contributed by atoms with Crippen molar-refractivity contribution in [3.63, 3.8) is 0 Å². The van der Waals surface area contributed by atoms with E-state index in [9.17, 15) is 0 Å². The molecule has 25 heavy (non-hydrogen) atoms. The average molecular weight is 459 g/mol. The first kappa shape index (κ1) is 18.6. The highest BCUT2D eigenvalue weighted by Crippen LogP contribution is 2.29. The highest BCUT2D eigenvalue weighted by molar-refractivity contribution is 9.10. The molecular formula is C17H14BrCl2N3OS. The Hall–Kier alpha value is -1.21. The zero-order valence-corrected chi connectivity index (χ0v) is 17.2. The molecule has 0 fully saturated rings. The molecule has 0 saturated carbocycles. The zero-order chi connectivity index (χ0) is 17.8. The second kappa shape index (κ2) is 8.45. The van der Waals surface area contributed by atoms with Crippen molar-refractivity contribution >= 4 is 50.9 Å². The Labute approximate surface area is 168 Å². The molecule has 8 heteroatoms. The molecule has 4 nitrogen and oxygen atoms in total. The molecule has 0 aliphatic heterocycles. The molecule has 0 unspecified atom stereocenters. The van der Waals surface area contributed by atoms with Gasteiger partial charge in [-0.3, -0.25) is 0 Å². The third-order valence-corrected chi connectivity index (χ3v) is 5.56. The van der Waals surface area contributed by atoms with Gasteiger partial charge in [-0.15, -0.1) is 10.2 Å². The Bertz CT molecular complexity index is 888. The highest BCUT2D eigenvalue weighted by atomic mass is 79.9. The van der Waals surface area contributed by atoms with Gasteiger partial charge < -0.3 is 9.30 Å². The number of halogens is 3. The maximum Gasteiger partial charge on any atom is 0.191 e. The van der Waals surface area contributed by atoms with Crippen molar-refractivity contribution in [2.45, 2.75) is 17.5 Å². The summed E-state index contributed by atoms with van der Waals surface area (Å²) in [5.41, 5.74) is 1.21. The fourth-order valence-corrected chi connectivity index (χ4v) is 3.75. The first-order chi connectivity index (χ1) is 12.0. The van der Waals surface area contributed by atoms with E-state index in [1.54, 1.807) is 30.0 Å². The number of hydrogen-bond donors (Lipinski definition) is 0. The zero-order valence-electron chi connectivity index (χ0n) is 13.2. The van der Waals surface area contributed by atoms with Gasteiger partial charge >= 0.3 is 0 Å². The normalized spacial score (nSPS) is 10.9. The molecule has 2 aromatic carbocycles. The first-order valence-electron chi connectivity index (χ1n) is 7.36. The van der Waals surface area contributed by atoms with Crippen LogP contribution in [0.2, 0.25) is 10.0 Å². The highest BCUT2D eigenvalue weighted by Gasteiger charge is 2.11. The summed E-state index contributed by atoms with van der Waals surface area (Å²) in [4.78, 5) is 0. The van der Waals surface area contributed by atoms with Crippen LogP contribution in [0.5, 0.6) is 5.75 Å². The summed E-state index contributed by atoms with van der Waals surface area (Å²) < 4.78 is 8.70. The van der Waals surface area contributed by atoms with Crippen LogP contribution in [0.1, 0.15) is 11.4 Å². The van der Waals surface area contributed by atoms with Crippen molar-refractivity contribution in [2.75, 3.05) is 0 Å². The van der Waals surface area contributed by atoms with Gasteiger partial charge in [-0.25, -0.2) is 0 Å². The van der Waals surface area contributed by atoms with Crippen LogP contribution >= 0.6 is 50.9 Å². The number of benzene rings is 2. The number of thioether (sulfide) groups is 1. The van der Waals surface area contributed by atoms with Gasteiger partial charge in [0.2, 0.25) is 0 Å². The van der Waals surface area contributed by atoms with E-state index < -0.39 is 0 Å². The van der Waals surface area contributed by atoms with Gasteiger partial charge in [0.05, 0.1) is 5.02 Å². The molecule has 0 spiro atoms. The molecule has 0 N–H and O–H groups in total. The largest absolute Gasteiger partial charge is 0.484 e. The molecule has 0 atom stereocenters. The molecule has 1 heterocycles. The predicted molar refractivity (Wildman–Crippen MR) is 106 cm³/mol. The summed E-state index contributed by atoms with van der Waals surface area (Å²) in [7, 11) is 1.92. The van der Waals surface area contributed by atoms with Crippen LogP contribution in [0.3, 0.4) is 0 Å². The third-order valence-electron chi connectivity index (χ3n) is 3.43. The van der Waals surface area contributed by atoms with E-state index >= 15 is 0 Å². The van der Waals surface area contributed by atoms with Crippen LogP contribution in [-0.4, -0.2) is 14.8 Å². The molecular weight excluding hydrogens is 445 g/mol. The van der Waals surface area contributed by atoms with Gasteiger partial charge in [0.15, 0.2) is 11.0 Å². The van der Waals surface area contributed by atoms with Gasteiger partial charge in [0, 0.05) is 28.4 Å². The van der Waals surface area contributed by atoms with E-state index in [4.69, 9.17) is 27.9 Å². The van der Waals surface area contributed by atoms with E-state index in [2.05, 4.69) is 38.3 Å². The smallest absolute Gasteiger partial charge is 0.191 e. The van der Waals surface area contributed by atoms with Crippen LogP contribution < -0.4 is 4.74 Å². The number of hydrogen-bond acceptors (Lipinski definition) is 4. The minimum Gasteiger partial charge on any atom is -0.484 e. The van der Waals surface area contributed by atoms with Crippen molar-refractivity contribution in [3.05, 3.63) is 68.4 Å². The Morgan fingerprint density at radius 1 is 1.16 bits per heavy atom. The van der Waals surface area contributed by atoms with Crippen LogP contribution in [-0.2, 0) is 19.4 Å². The molecule has 0 aliphatic rings. The molecule has 3 rings (SSSR count). The van der Waals surface area contributed by atoms with E-state index in [0.717, 1.165) is 15.4 Å². The lowest BCUT2D eigenvalue weighted by Crippen LogP contribution is -2.04. The molecule has 0 amide bonds. The van der Waals surface area contributed by atoms with Crippen LogP contribution in [0.25, 0.3) is 0 Å². The lowest BCUT2D eigenvalue weighted by Gasteiger charge is -2.08. The molecule has 0 bridgehead atoms. The quantitative estimate of drug-likeness (QED) is 0.440. The number of nitrogens with zero attached hydrogens (tertiary/aromatic N) is 3. The summed E-state index contributed by atoms with van der Waals surface area (Å²) in [6.45, 7) is 0.265. The number of ether oxygens (including phenoxy) is 1. The monoisotopic (exact) mass is 457 g/mol. The van der Waals surface area contributed by atoms with Gasteiger partial charge in [0.1, 0.15) is 12.4 Å². The van der Waals surface area contributed by atoms with Crippen LogP contribution in [0.15, 0.2) is 52.1 Å². The molecule has 130 valence electrons. The Kier molecular flexibility index (Phi) is 6.28. The summed E-state index contributed by atoms with van der Waals surface area (Å²) in [6.07, 6.45) is 0. The van der Waals surface area contributed by atoms with Crippen molar-refractivity contribution in [1.82, 2.24) is 14.8 Å². The van der Waals surface area contributed by atoms with Crippen molar-refractivity contribution in [1.29, 1.82) is 0 Å². The minimum atomic E-state index is 0.265. The maximum atomic E-state index is 6.10. The SMILES string of the molecule is Cn1c(COc2cc(Cl)ccc2Cl)nnc1SCc1cccc(Br)c1. The van der Waals surface area contributed by atoms with Gasteiger partial charge in [0.25, 0.3) is 0 Å². The summed E-state index contributed by atoms with van der Waals surface area (Å²) in [5.74, 6) is 2.06. The van der Waals surface area contributed by atoms with Crippen LogP contribution in [0.4, 0.5) is 0 Å². The fourth-order valence-electron chi connectivity index (χ4n) is 2.10. The van der Waals surface area contributed by atoms with E-state index in [-0.39, 0.29) is 6.61 Å². The topological polar surface area (TPSA) is 39.9 Å². The van der Waals surface area contributed by atoms with E-state index in [1.165, 1.54) is 5.56 Å². The second-order valence-electron chi connectivity index (χ2n) is 5.24. The summed E-state index contributed by atoms with van der Waals surface area (Å²) >= 11 is 17.2. The second-order valence-corrected chi connectivity index (χ2v) is 7.94. The standard InChI is InChI=1S/C17H14BrCl2N3OS/c1-23-16(9-24-15-8-13(19)5-6-14(15)20)21-22-17(23)25-10-11-3-2-4-12(18)7-11/h2-8H,9-10H2,1H3. The van der Waals surface area contributed by atoms with E-state index in [1.807, 2.05) is 23.7 Å². The number of rotatable bonds is 6. The number of aromatic nitrogens is 3. The summed E-state index contributed by atoms with van der Waals surface area (Å²) in [5, 5.41) is 10.3. The predicted octanol–water partition coefficient (Wildman–Crippen LogP) is 5.76. The van der Waals surface area contributed by atoms with Crippen molar-refractivity contribution in [3.8, 4) is 5.75 Å². The Balaban J connectivity index is 1.63.